The molecular weight excluding hydrogens is 461 g/mol. The number of ether oxygens (including phenoxy) is 2. The molecular formula is C26H23F3N2O4. The number of methoxy groups -OCH3 is 1. The maximum absolute atomic E-state index is 13.2. The van der Waals surface area contributed by atoms with Crippen LogP contribution in [-0.2, 0) is 6.54 Å². The van der Waals surface area contributed by atoms with Crippen molar-refractivity contribution >= 4 is 5.91 Å². The van der Waals surface area contributed by atoms with Gasteiger partial charge in [-0.15, -0.1) is 13.2 Å². The molecule has 2 aromatic carbocycles. The number of hydrogen-bond acceptors (Lipinski definition) is 4. The molecule has 1 aromatic heterocycles. The minimum atomic E-state index is -4.77. The number of pyridine rings is 1. The van der Waals surface area contributed by atoms with Gasteiger partial charge in [0.1, 0.15) is 11.5 Å². The summed E-state index contributed by atoms with van der Waals surface area (Å²) in [6.07, 6.45) is -3.93. The first kappa shape index (κ1) is 23.0. The number of carbonyl (C=O) groups excluding carboxylic acids is 1. The molecule has 2 atom stereocenters. The lowest BCUT2D eigenvalue weighted by molar-refractivity contribution is -0.274. The highest BCUT2D eigenvalue weighted by Gasteiger charge is 2.38. The van der Waals surface area contributed by atoms with Crippen molar-refractivity contribution in [1.82, 2.24) is 9.47 Å². The molecule has 0 N–H and O–H groups in total. The molecule has 35 heavy (non-hydrogen) atoms. The van der Waals surface area contributed by atoms with E-state index in [1.807, 2.05) is 4.90 Å². The van der Waals surface area contributed by atoms with Crippen molar-refractivity contribution < 1.29 is 27.4 Å². The van der Waals surface area contributed by atoms with Gasteiger partial charge in [0, 0.05) is 48.4 Å². The molecule has 9 heteroatoms. The highest BCUT2D eigenvalue weighted by Crippen LogP contribution is 2.40. The van der Waals surface area contributed by atoms with E-state index in [4.69, 9.17) is 4.74 Å². The smallest absolute Gasteiger partial charge is 0.497 e. The zero-order valence-corrected chi connectivity index (χ0v) is 18.9. The molecule has 2 aliphatic rings. The first-order valence-corrected chi connectivity index (χ1v) is 11.2. The topological polar surface area (TPSA) is 60.8 Å². The monoisotopic (exact) mass is 484 g/mol. The van der Waals surface area contributed by atoms with Crippen molar-refractivity contribution in [3.63, 3.8) is 0 Å². The molecule has 1 amide bonds. The number of halogens is 3. The Morgan fingerprint density at radius 1 is 0.914 bits per heavy atom. The highest BCUT2D eigenvalue weighted by molar-refractivity contribution is 5.94. The minimum Gasteiger partial charge on any atom is -0.497 e. The SMILES string of the molecule is COc1ccc(C(=O)N2CC3CC(C2)c2c(-c4ccc(OC(F)(F)F)cc4)ccc(=O)n2C3)cc1. The molecule has 0 radical (unpaired) electrons. The van der Waals surface area contributed by atoms with Crippen LogP contribution >= 0.6 is 0 Å². The molecule has 2 unspecified atom stereocenters. The van der Waals surface area contributed by atoms with Crippen LogP contribution in [0.25, 0.3) is 11.1 Å². The van der Waals surface area contributed by atoms with Gasteiger partial charge in [-0.2, -0.15) is 0 Å². The van der Waals surface area contributed by atoms with E-state index in [2.05, 4.69) is 4.74 Å². The average Bonchev–Trinajstić information content (AvgIpc) is 2.84. The summed E-state index contributed by atoms with van der Waals surface area (Å²) in [7, 11) is 1.57. The molecule has 5 rings (SSSR count). The van der Waals surface area contributed by atoms with Crippen LogP contribution in [0.3, 0.4) is 0 Å². The fourth-order valence-electron chi connectivity index (χ4n) is 5.18. The van der Waals surface area contributed by atoms with Gasteiger partial charge in [0.25, 0.3) is 11.5 Å². The van der Waals surface area contributed by atoms with Crippen LogP contribution in [0.15, 0.2) is 65.5 Å². The van der Waals surface area contributed by atoms with Crippen LogP contribution in [0, 0.1) is 5.92 Å². The molecule has 1 saturated heterocycles. The maximum Gasteiger partial charge on any atom is 0.573 e. The molecule has 0 saturated carbocycles. The van der Waals surface area contributed by atoms with Gasteiger partial charge in [-0.25, -0.2) is 0 Å². The van der Waals surface area contributed by atoms with Crippen LogP contribution in [0.1, 0.15) is 28.4 Å². The number of aromatic nitrogens is 1. The minimum absolute atomic E-state index is 0.0697. The van der Waals surface area contributed by atoms with Gasteiger partial charge in [0.2, 0.25) is 0 Å². The molecule has 0 spiro atoms. The number of rotatable bonds is 4. The number of amides is 1. The normalized spacial score (nSPS) is 19.1. The number of benzene rings is 2. The predicted octanol–water partition coefficient (Wildman–Crippen LogP) is 4.68. The highest BCUT2D eigenvalue weighted by atomic mass is 19.4. The summed E-state index contributed by atoms with van der Waals surface area (Å²) in [5.41, 5.74) is 2.71. The van der Waals surface area contributed by atoms with E-state index < -0.39 is 6.36 Å². The van der Waals surface area contributed by atoms with Crippen LogP contribution in [0.4, 0.5) is 13.2 Å². The third-order valence-corrected chi connectivity index (χ3v) is 6.61. The Hall–Kier alpha value is -3.75. The number of carbonyl (C=O) groups is 1. The summed E-state index contributed by atoms with van der Waals surface area (Å²) in [5.74, 6) is 0.349. The zero-order chi connectivity index (χ0) is 24.7. The van der Waals surface area contributed by atoms with Crippen LogP contribution in [0.5, 0.6) is 11.5 Å². The van der Waals surface area contributed by atoms with E-state index in [1.165, 1.54) is 18.2 Å². The number of fused-ring (bicyclic) bond motifs is 4. The number of likely N-dealkylation sites (tertiary alicyclic amines) is 1. The van der Waals surface area contributed by atoms with E-state index in [-0.39, 0.29) is 29.1 Å². The van der Waals surface area contributed by atoms with Crippen molar-refractivity contribution in [3.8, 4) is 22.6 Å². The van der Waals surface area contributed by atoms with Crippen molar-refractivity contribution in [2.24, 2.45) is 5.92 Å². The van der Waals surface area contributed by atoms with Crippen molar-refractivity contribution in [3.05, 3.63) is 82.3 Å². The number of piperidine rings is 1. The summed E-state index contributed by atoms with van der Waals surface area (Å²) < 4.78 is 48.5. The maximum atomic E-state index is 13.2. The van der Waals surface area contributed by atoms with E-state index in [9.17, 15) is 22.8 Å². The van der Waals surface area contributed by atoms with Gasteiger partial charge in [0.05, 0.1) is 7.11 Å². The molecule has 3 aromatic rings. The van der Waals surface area contributed by atoms with E-state index >= 15 is 0 Å². The summed E-state index contributed by atoms with van der Waals surface area (Å²) >= 11 is 0. The average molecular weight is 484 g/mol. The Kier molecular flexibility index (Phi) is 5.78. The Morgan fingerprint density at radius 2 is 1.60 bits per heavy atom. The Morgan fingerprint density at radius 3 is 2.26 bits per heavy atom. The van der Waals surface area contributed by atoms with Gasteiger partial charge in [-0.3, -0.25) is 9.59 Å². The first-order chi connectivity index (χ1) is 16.7. The first-order valence-electron chi connectivity index (χ1n) is 11.2. The summed E-state index contributed by atoms with van der Waals surface area (Å²) in [4.78, 5) is 27.8. The summed E-state index contributed by atoms with van der Waals surface area (Å²) in [5, 5.41) is 0. The summed E-state index contributed by atoms with van der Waals surface area (Å²) in [6, 6.07) is 15.8. The lowest BCUT2D eigenvalue weighted by Crippen LogP contribution is -2.49. The van der Waals surface area contributed by atoms with Gasteiger partial charge in [-0.1, -0.05) is 12.1 Å². The number of nitrogens with zero attached hydrogens (tertiary/aromatic N) is 2. The van der Waals surface area contributed by atoms with Gasteiger partial charge in [0.15, 0.2) is 0 Å². The quantitative estimate of drug-likeness (QED) is 0.540. The fourth-order valence-corrected chi connectivity index (χ4v) is 5.18. The third kappa shape index (κ3) is 4.62. The van der Waals surface area contributed by atoms with Crippen molar-refractivity contribution in [2.45, 2.75) is 25.2 Å². The number of alkyl halides is 3. The Balaban J connectivity index is 1.45. The lowest BCUT2D eigenvalue weighted by atomic mass is 9.80. The lowest BCUT2D eigenvalue weighted by Gasteiger charge is -2.43. The second kappa shape index (κ2) is 8.79. The Bertz CT molecular complexity index is 1300. The van der Waals surface area contributed by atoms with E-state index in [0.29, 0.717) is 36.5 Å². The standard InChI is InChI=1S/C26H23F3N2O4/c1-34-20-6-4-18(5-7-20)25(33)30-13-16-12-19(15-30)24-22(10-11-23(32)31(24)14-16)17-2-8-21(9-3-17)35-26(27,28)29/h2-11,16,19H,12-15H2,1H3. The van der Waals surface area contributed by atoms with Gasteiger partial charge in [-0.05, 0) is 60.4 Å². The molecule has 6 nitrogen and oxygen atoms in total. The Labute approximate surface area is 199 Å². The fraction of sp³-hybridized carbons (Fsp3) is 0.308. The molecule has 1 fully saturated rings. The molecule has 3 heterocycles. The van der Waals surface area contributed by atoms with E-state index in [0.717, 1.165) is 17.7 Å². The van der Waals surface area contributed by atoms with Crippen LogP contribution in [0.2, 0.25) is 0 Å². The number of hydrogen-bond donors (Lipinski definition) is 0. The second-order valence-corrected chi connectivity index (χ2v) is 8.89. The van der Waals surface area contributed by atoms with E-state index in [1.54, 1.807) is 54.1 Å². The summed E-state index contributed by atoms with van der Waals surface area (Å²) in [6.45, 7) is 1.49. The second-order valence-electron chi connectivity index (χ2n) is 8.89. The van der Waals surface area contributed by atoms with Crippen LogP contribution < -0.4 is 15.0 Å². The van der Waals surface area contributed by atoms with Gasteiger partial charge < -0.3 is 18.9 Å². The molecule has 2 bridgehead atoms. The molecule has 0 aliphatic carbocycles. The molecule has 2 aliphatic heterocycles. The largest absolute Gasteiger partial charge is 0.573 e. The predicted molar refractivity (Wildman–Crippen MR) is 123 cm³/mol. The van der Waals surface area contributed by atoms with Crippen molar-refractivity contribution in [1.29, 1.82) is 0 Å². The van der Waals surface area contributed by atoms with Crippen LogP contribution in [-0.4, -0.2) is 41.9 Å². The zero-order valence-electron chi connectivity index (χ0n) is 18.9. The molecule has 182 valence electrons. The van der Waals surface area contributed by atoms with Crippen molar-refractivity contribution in [2.75, 3.05) is 20.2 Å². The third-order valence-electron chi connectivity index (χ3n) is 6.61. The van der Waals surface area contributed by atoms with Gasteiger partial charge >= 0.3 is 6.36 Å².